The van der Waals surface area contributed by atoms with Gasteiger partial charge in [-0.25, -0.2) is 13.4 Å². The van der Waals surface area contributed by atoms with Crippen LogP contribution in [0.25, 0.3) is 0 Å². The van der Waals surface area contributed by atoms with Crippen molar-refractivity contribution < 1.29 is 32.1 Å². The van der Waals surface area contributed by atoms with E-state index < -0.39 is 21.2 Å². The molecule has 9 nitrogen and oxygen atoms in total. The normalized spacial score (nSPS) is 20.2. The average Bonchev–Trinajstić information content (AvgIpc) is 3.25. The van der Waals surface area contributed by atoms with E-state index >= 15 is 0 Å². The van der Waals surface area contributed by atoms with Crippen molar-refractivity contribution in [1.29, 1.82) is 0 Å². The first-order valence-corrected chi connectivity index (χ1v) is 12.4. The Labute approximate surface area is 187 Å². The van der Waals surface area contributed by atoms with Gasteiger partial charge in [0.15, 0.2) is 5.79 Å². The van der Waals surface area contributed by atoms with E-state index in [1.807, 2.05) is 31.2 Å². The number of ether oxygens (including phenoxy) is 5. The lowest BCUT2D eigenvalue weighted by Gasteiger charge is -2.35. The van der Waals surface area contributed by atoms with Gasteiger partial charge in [-0.15, -0.1) is 0 Å². The molecule has 2 aliphatic heterocycles. The first-order valence-electron chi connectivity index (χ1n) is 10.5. The van der Waals surface area contributed by atoms with E-state index in [2.05, 4.69) is 9.97 Å². The largest absolute Gasteiger partial charge is 0.473 e. The van der Waals surface area contributed by atoms with Gasteiger partial charge in [-0.1, -0.05) is 24.3 Å². The molecule has 0 radical (unpaired) electrons. The second-order valence-corrected chi connectivity index (χ2v) is 9.99. The molecule has 2 aliphatic rings. The molecule has 3 heterocycles. The highest BCUT2D eigenvalue weighted by molar-refractivity contribution is 7.90. The Morgan fingerprint density at radius 1 is 1.03 bits per heavy atom. The number of hydrogen-bond donors (Lipinski definition) is 0. The molecule has 0 spiro atoms. The van der Waals surface area contributed by atoms with Crippen molar-refractivity contribution >= 4 is 9.84 Å². The van der Waals surface area contributed by atoms with Crippen LogP contribution in [0.4, 0.5) is 0 Å². The predicted octanol–water partition coefficient (Wildman–Crippen LogP) is 2.33. The lowest BCUT2D eigenvalue weighted by atomic mass is 9.90. The van der Waals surface area contributed by atoms with E-state index in [1.165, 1.54) is 0 Å². The zero-order valence-corrected chi connectivity index (χ0v) is 19.3. The van der Waals surface area contributed by atoms with Crippen LogP contribution in [0.1, 0.15) is 36.6 Å². The van der Waals surface area contributed by atoms with Gasteiger partial charge < -0.3 is 23.7 Å². The van der Waals surface area contributed by atoms with Gasteiger partial charge in [-0.2, -0.15) is 4.98 Å². The van der Waals surface area contributed by atoms with Gasteiger partial charge in [0.2, 0.25) is 20.9 Å². The minimum atomic E-state index is -3.64. The third kappa shape index (κ3) is 4.79. The average molecular weight is 465 g/mol. The quantitative estimate of drug-likeness (QED) is 0.571. The van der Waals surface area contributed by atoms with Crippen molar-refractivity contribution in [3.05, 3.63) is 47.2 Å². The summed E-state index contributed by atoms with van der Waals surface area (Å²) in [4.78, 5) is 8.43. The molecule has 0 saturated carbocycles. The lowest BCUT2D eigenvalue weighted by molar-refractivity contribution is -0.149. The zero-order chi connectivity index (χ0) is 22.8. The Bertz CT molecular complexity index is 1040. The third-order valence-electron chi connectivity index (χ3n) is 5.88. The summed E-state index contributed by atoms with van der Waals surface area (Å²) in [6, 6.07) is 9.35. The SMILES string of the molecule is COC1(c2cc(OCc3ccc(C4(C)OCCO4)cc3)nc(S(C)(=O)=O)n2)CCOCC1. The summed E-state index contributed by atoms with van der Waals surface area (Å²) in [5.74, 6) is -0.555. The van der Waals surface area contributed by atoms with Gasteiger partial charge in [0, 0.05) is 51.1 Å². The van der Waals surface area contributed by atoms with Crippen molar-refractivity contribution in [3.8, 4) is 5.88 Å². The van der Waals surface area contributed by atoms with Crippen molar-refractivity contribution in [3.63, 3.8) is 0 Å². The van der Waals surface area contributed by atoms with Crippen molar-refractivity contribution in [2.45, 2.75) is 42.9 Å². The van der Waals surface area contributed by atoms with Crippen LogP contribution in [0, 0.1) is 0 Å². The number of rotatable bonds is 7. The second kappa shape index (κ2) is 9.03. The van der Waals surface area contributed by atoms with Crippen molar-refractivity contribution in [1.82, 2.24) is 9.97 Å². The summed E-state index contributed by atoms with van der Waals surface area (Å²) >= 11 is 0. The first kappa shape index (κ1) is 23.1. The Hall–Kier alpha value is -2.11. The molecule has 4 rings (SSSR count). The van der Waals surface area contributed by atoms with Crippen molar-refractivity contribution in [2.75, 3.05) is 39.8 Å². The predicted molar refractivity (Wildman–Crippen MR) is 114 cm³/mol. The van der Waals surface area contributed by atoms with Crippen LogP contribution in [-0.2, 0) is 46.8 Å². The molecule has 1 aromatic heterocycles. The number of hydrogen-bond acceptors (Lipinski definition) is 9. The minimum Gasteiger partial charge on any atom is -0.473 e. The molecule has 0 aliphatic carbocycles. The Balaban J connectivity index is 1.56. The van der Waals surface area contributed by atoms with Gasteiger partial charge in [-0.3, -0.25) is 0 Å². The maximum atomic E-state index is 12.2. The number of benzene rings is 1. The van der Waals surface area contributed by atoms with E-state index in [0.29, 0.717) is 45.0 Å². The minimum absolute atomic E-state index is 0.178. The molecule has 2 aromatic rings. The second-order valence-electron chi connectivity index (χ2n) is 8.09. The highest BCUT2D eigenvalue weighted by atomic mass is 32.2. The smallest absolute Gasteiger partial charge is 0.250 e. The molecule has 174 valence electrons. The molecular weight excluding hydrogens is 436 g/mol. The van der Waals surface area contributed by atoms with Crippen molar-refractivity contribution in [2.24, 2.45) is 0 Å². The maximum absolute atomic E-state index is 12.2. The third-order valence-corrected chi connectivity index (χ3v) is 6.72. The summed E-state index contributed by atoms with van der Waals surface area (Å²) in [6.45, 7) is 4.23. The molecular formula is C22H28N2O7S. The molecule has 0 bridgehead atoms. The standard InChI is InChI=1S/C22H28N2O7S/c1-21(30-12-13-31-21)17-6-4-16(5-7-17)15-29-19-14-18(23-20(24-19)32(3,25)26)22(27-2)8-10-28-11-9-22/h4-7,14H,8-13,15H2,1-3H3. The van der Waals surface area contributed by atoms with Crippen LogP contribution in [0.5, 0.6) is 5.88 Å². The molecule has 0 amide bonds. The molecule has 10 heteroatoms. The van der Waals surface area contributed by atoms with Gasteiger partial charge in [0.05, 0.1) is 18.9 Å². The molecule has 0 atom stereocenters. The number of nitrogens with zero attached hydrogens (tertiary/aromatic N) is 2. The van der Waals surface area contributed by atoms with E-state index in [0.717, 1.165) is 17.4 Å². The van der Waals surface area contributed by atoms with Gasteiger partial charge in [0.25, 0.3) is 0 Å². The topological polar surface area (TPSA) is 106 Å². The van der Waals surface area contributed by atoms with E-state index in [4.69, 9.17) is 23.7 Å². The molecule has 0 N–H and O–H groups in total. The van der Waals surface area contributed by atoms with Crippen LogP contribution in [-0.4, -0.2) is 58.2 Å². The van der Waals surface area contributed by atoms with E-state index in [-0.39, 0.29) is 17.6 Å². The number of methoxy groups -OCH3 is 1. The van der Waals surface area contributed by atoms with Gasteiger partial charge in [-0.05, 0) is 12.5 Å². The van der Waals surface area contributed by atoms with E-state index in [9.17, 15) is 8.42 Å². The van der Waals surface area contributed by atoms with Gasteiger partial charge in [0.1, 0.15) is 12.2 Å². The summed E-state index contributed by atoms with van der Waals surface area (Å²) in [6.07, 6.45) is 2.20. The fraction of sp³-hybridized carbons (Fsp3) is 0.545. The molecule has 2 fully saturated rings. The van der Waals surface area contributed by atoms with Crippen LogP contribution in [0.2, 0.25) is 0 Å². The fourth-order valence-corrected chi connectivity index (χ4v) is 4.41. The highest BCUT2D eigenvalue weighted by Crippen LogP contribution is 2.36. The number of aromatic nitrogens is 2. The Kier molecular flexibility index (Phi) is 6.51. The summed E-state index contributed by atoms with van der Waals surface area (Å²) in [7, 11) is -2.05. The van der Waals surface area contributed by atoms with Crippen LogP contribution in [0.3, 0.4) is 0 Å². The summed E-state index contributed by atoms with van der Waals surface area (Å²) in [5, 5.41) is -0.285. The summed E-state index contributed by atoms with van der Waals surface area (Å²) in [5.41, 5.74) is 1.55. The monoisotopic (exact) mass is 464 g/mol. The highest BCUT2D eigenvalue weighted by Gasteiger charge is 2.37. The molecule has 0 unspecified atom stereocenters. The van der Waals surface area contributed by atoms with Crippen LogP contribution < -0.4 is 4.74 Å². The molecule has 32 heavy (non-hydrogen) atoms. The fourth-order valence-electron chi connectivity index (χ4n) is 3.89. The summed E-state index contributed by atoms with van der Waals surface area (Å²) < 4.78 is 52.9. The Morgan fingerprint density at radius 3 is 2.28 bits per heavy atom. The molecule has 2 saturated heterocycles. The molecule has 1 aromatic carbocycles. The lowest BCUT2D eigenvalue weighted by Crippen LogP contribution is -2.37. The number of sulfone groups is 1. The van der Waals surface area contributed by atoms with Gasteiger partial charge >= 0.3 is 0 Å². The Morgan fingerprint density at radius 2 is 1.69 bits per heavy atom. The maximum Gasteiger partial charge on any atom is 0.250 e. The zero-order valence-electron chi connectivity index (χ0n) is 18.5. The van der Waals surface area contributed by atoms with Crippen LogP contribution in [0.15, 0.2) is 35.5 Å². The van der Waals surface area contributed by atoms with Crippen LogP contribution >= 0.6 is 0 Å². The van der Waals surface area contributed by atoms with E-state index in [1.54, 1.807) is 13.2 Å². The first-order chi connectivity index (χ1) is 15.2.